The molecule has 2 nitrogen and oxygen atoms in total. The summed E-state index contributed by atoms with van der Waals surface area (Å²) >= 11 is 4.26. The van der Waals surface area contributed by atoms with Gasteiger partial charge in [0.1, 0.15) is 5.44 Å². The first-order valence-corrected chi connectivity index (χ1v) is 4.27. The van der Waals surface area contributed by atoms with Crippen LogP contribution in [-0.4, -0.2) is 23.8 Å². The minimum Gasteiger partial charge on any atom is -0.396 e. The Morgan fingerprint density at radius 3 is 3.00 bits per heavy atom. The average molecular weight is 162 g/mol. The maximum Gasteiger partial charge on any atom is 0.103 e. The Kier molecular flexibility index (Phi) is 3.52. The normalized spacial score (nSPS) is 34.2. The van der Waals surface area contributed by atoms with Gasteiger partial charge in [0, 0.05) is 13.2 Å². The van der Waals surface area contributed by atoms with Crippen molar-refractivity contribution in [1.82, 2.24) is 0 Å². The van der Waals surface area contributed by atoms with E-state index in [1.807, 2.05) is 0 Å². The highest BCUT2D eigenvalue weighted by atomic mass is 32.1. The van der Waals surface area contributed by atoms with Crippen LogP contribution in [0.4, 0.5) is 0 Å². The molecule has 1 fully saturated rings. The third kappa shape index (κ3) is 2.15. The van der Waals surface area contributed by atoms with E-state index in [4.69, 9.17) is 9.84 Å². The van der Waals surface area contributed by atoms with Crippen LogP contribution >= 0.6 is 12.6 Å². The quantitative estimate of drug-likeness (QED) is 0.594. The third-order valence-electron chi connectivity index (χ3n) is 1.91. The SMILES string of the molecule is OCCC1CCCOC1S. The Bertz CT molecular complexity index is 95.6. The summed E-state index contributed by atoms with van der Waals surface area (Å²) in [5, 5.41) is 8.65. The topological polar surface area (TPSA) is 29.5 Å². The van der Waals surface area contributed by atoms with E-state index < -0.39 is 0 Å². The van der Waals surface area contributed by atoms with Gasteiger partial charge in [-0.15, -0.1) is 12.6 Å². The maximum atomic E-state index is 8.65. The van der Waals surface area contributed by atoms with Crippen molar-refractivity contribution < 1.29 is 9.84 Å². The van der Waals surface area contributed by atoms with E-state index in [1.165, 1.54) is 0 Å². The van der Waals surface area contributed by atoms with Gasteiger partial charge in [-0.3, -0.25) is 0 Å². The van der Waals surface area contributed by atoms with Crippen LogP contribution < -0.4 is 0 Å². The molecule has 0 amide bonds. The molecule has 0 aromatic heterocycles. The van der Waals surface area contributed by atoms with Crippen LogP contribution in [0, 0.1) is 5.92 Å². The largest absolute Gasteiger partial charge is 0.396 e. The molecule has 0 aromatic rings. The molecule has 2 atom stereocenters. The lowest BCUT2D eigenvalue weighted by Gasteiger charge is -2.27. The van der Waals surface area contributed by atoms with E-state index in [2.05, 4.69) is 12.6 Å². The van der Waals surface area contributed by atoms with Gasteiger partial charge in [0.2, 0.25) is 0 Å². The second-order valence-corrected chi connectivity index (χ2v) is 3.18. The van der Waals surface area contributed by atoms with Crippen molar-refractivity contribution in [2.75, 3.05) is 13.2 Å². The Labute approximate surface area is 67.0 Å². The molecule has 0 aliphatic carbocycles. The lowest BCUT2D eigenvalue weighted by molar-refractivity contribution is 0.0224. The van der Waals surface area contributed by atoms with E-state index in [1.54, 1.807) is 0 Å². The number of thiol groups is 1. The smallest absolute Gasteiger partial charge is 0.103 e. The molecule has 60 valence electrons. The van der Waals surface area contributed by atoms with Gasteiger partial charge in [-0.1, -0.05) is 0 Å². The van der Waals surface area contributed by atoms with Gasteiger partial charge in [-0.2, -0.15) is 0 Å². The van der Waals surface area contributed by atoms with Crippen molar-refractivity contribution in [3.05, 3.63) is 0 Å². The number of ether oxygens (including phenoxy) is 1. The number of rotatable bonds is 2. The summed E-state index contributed by atoms with van der Waals surface area (Å²) in [6, 6.07) is 0. The van der Waals surface area contributed by atoms with Gasteiger partial charge in [0.05, 0.1) is 0 Å². The molecule has 1 N–H and O–H groups in total. The van der Waals surface area contributed by atoms with Crippen molar-refractivity contribution in [3.8, 4) is 0 Å². The molecule has 1 rings (SSSR count). The van der Waals surface area contributed by atoms with Crippen LogP contribution in [0.15, 0.2) is 0 Å². The number of hydrogen-bond acceptors (Lipinski definition) is 3. The zero-order valence-corrected chi connectivity index (χ0v) is 6.89. The average Bonchev–Trinajstić information content (AvgIpc) is 1.94. The Morgan fingerprint density at radius 1 is 1.60 bits per heavy atom. The van der Waals surface area contributed by atoms with Crippen LogP contribution in [0.3, 0.4) is 0 Å². The molecule has 1 aliphatic rings. The van der Waals surface area contributed by atoms with Crippen molar-refractivity contribution in [3.63, 3.8) is 0 Å². The van der Waals surface area contributed by atoms with Crippen LogP contribution in [-0.2, 0) is 4.74 Å². The summed E-state index contributed by atoms with van der Waals surface area (Å²) in [5.41, 5.74) is 0.0564. The molecule has 10 heavy (non-hydrogen) atoms. The van der Waals surface area contributed by atoms with Crippen molar-refractivity contribution in [2.45, 2.75) is 24.7 Å². The molecule has 3 heteroatoms. The standard InChI is InChI=1S/C7H14O2S/c8-4-3-6-2-1-5-9-7(6)10/h6-8,10H,1-5H2. The fourth-order valence-corrected chi connectivity index (χ4v) is 1.68. The predicted octanol–water partition coefficient (Wildman–Crippen LogP) is 1.05. The minimum absolute atomic E-state index is 0.0564. The summed E-state index contributed by atoms with van der Waals surface area (Å²) in [7, 11) is 0. The summed E-state index contributed by atoms with van der Waals surface area (Å²) in [6.45, 7) is 1.08. The molecule has 0 aromatic carbocycles. The molecular weight excluding hydrogens is 148 g/mol. The van der Waals surface area contributed by atoms with Crippen LogP contribution in [0.25, 0.3) is 0 Å². The molecule has 1 saturated heterocycles. The van der Waals surface area contributed by atoms with Crippen molar-refractivity contribution >= 4 is 12.6 Å². The third-order valence-corrected chi connectivity index (χ3v) is 2.48. The summed E-state index contributed by atoms with van der Waals surface area (Å²) in [6.07, 6.45) is 3.09. The molecule has 0 spiro atoms. The molecule has 1 aliphatic heterocycles. The van der Waals surface area contributed by atoms with E-state index in [-0.39, 0.29) is 12.0 Å². The molecule has 0 saturated carbocycles. The molecule has 2 unspecified atom stereocenters. The molecule has 0 radical (unpaired) electrons. The van der Waals surface area contributed by atoms with E-state index in [0.29, 0.717) is 5.92 Å². The van der Waals surface area contributed by atoms with Gasteiger partial charge in [0.15, 0.2) is 0 Å². The lowest BCUT2D eigenvalue weighted by atomic mass is 9.99. The Morgan fingerprint density at radius 2 is 2.40 bits per heavy atom. The maximum absolute atomic E-state index is 8.65. The first-order chi connectivity index (χ1) is 4.84. The molecule has 0 bridgehead atoms. The van der Waals surface area contributed by atoms with Gasteiger partial charge in [-0.25, -0.2) is 0 Å². The van der Waals surface area contributed by atoms with Gasteiger partial charge in [-0.05, 0) is 25.2 Å². The Balaban J connectivity index is 2.25. The van der Waals surface area contributed by atoms with E-state index >= 15 is 0 Å². The predicted molar refractivity (Wildman–Crippen MR) is 43.2 cm³/mol. The monoisotopic (exact) mass is 162 g/mol. The van der Waals surface area contributed by atoms with E-state index in [0.717, 1.165) is 25.9 Å². The molecule has 1 heterocycles. The zero-order valence-electron chi connectivity index (χ0n) is 5.99. The first-order valence-electron chi connectivity index (χ1n) is 3.75. The molecular formula is C7H14O2S. The zero-order chi connectivity index (χ0) is 7.40. The van der Waals surface area contributed by atoms with Crippen LogP contribution in [0.1, 0.15) is 19.3 Å². The second-order valence-electron chi connectivity index (χ2n) is 2.68. The highest BCUT2D eigenvalue weighted by Gasteiger charge is 2.21. The van der Waals surface area contributed by atoms with Gasteiger partial charge >= 0.3 is 0 Å². The Hall–Kier alpha value is 0.270. The van der Waals surface area contributed by atoms with Gasteiger partial charge < -0.3 is 9.84 Å². The highest BCUT2D eigenvalue weighted by molar-refractivity contribution is 7.80. The summed E-state index contributed by atoms with van der Waals surface area (Å²) < 4.78 is 5.30. The second kappa shape index (κ2) is 4.21. The number of hydrogen-bond donors (Lipinski definition) is 2. The summed E-state index contributed by atoms with van der Waals surface area (Å²) in [5.74, 6) is 0.460. The van der Waals surface area contributed by atoms with Crippen LogP contribution in [0.5, 0.6) is 0 Å². The highest BCUT2D eigenvalue weighted by Crippen LogP contribution is 2.25. The summed E-state index contributed by atoms with van der Waals surface area (Å²) in [4.78, 5) is 0. The van der Waals surface area contributed by atoms with Gasteiger partial charge in [0.25, 0.3) is 0 Å². The van der Waals surface area contributed by atoms with Crippen molar-refractivity contribution in [1.29, 1.82) is 0 Å². The van der Waals surface area contributed by atoms with Crippen LogP contribution in [0.2, 0.25) is 0 Å². The van der Waals surface area contributed by atoms with E-state index in [9.17, 15) is 0 Å². The fourth-order valence-electron chi connectivity index (χ4n) is 1.28. The fraction of sp³-hybridized carbons (Fsp3) is 1.00. The number of aliphatic hydroxyl groups excluding tert-OH is 1. The minimum atomic E-state index is 0.0564. The van der Waals surface area contributed by atoms with Crippen molar-refractivity contribution in [2.24, 2.45) is 5.92 Å². The first kappa shape index (κ1) is 8.37. The lowest BCUT2D eigenvalue weighted by Crippen LogP contribution is -2.25. The number of aliphatic hydroxyl groups is 1.